The first-order valence-corrected chi connectivity index (χ1v) is 6.45. The van der Waals surface area contributed by atoms with E-state index in [1.165, 1.54) is 22.4 Å². The summed E-state index contributed by atoms with van der Waals surface area (Å²) in [6.07, 6.45) is 0. The summed E-state index contributed by atoms with van der Waals surface area (Å²) in [6.45, 7) is 4.46. The van der Waals surface area contributed by atoms with Crippen LogP contribution in [0.1, 0.15) is 25.3 Å². The van der Waals surface area contributed by atoms with Crippen molar-refractivity contribution in [3.8, 4) is 11.1 Å². The Morgan fingerprint density at radius 3 is 2.06 bits per heavy atom. The van der Waals surface area contributed by atoms with Crippen LogP contribution in [0.15, 0.2) is 48.5 Å². The van der Waals surface area contributed by atoms with E-state index in [0.717, 1.165) is 0 Å². The van der Waals surface area contributed by atoms with E-state index >= 15 is 0 Å². The maximum absolute atomic E-state index is 2.29. The van der Waals surface area contributed by atoms with Crippen LogP contribution in [0.4, 0.5) is 5.69 Å². The molecule has 0 atom stereocenters. The summed E-state index contributed by atoms with van der Waals surface area (Å²) in [5.41, 5.74) is 5.21. The first-order chi connectivity index (χ1) is 8.58. The van der Waals surface area contributed by atoms with Gasteiger partial charge in [-0.3, -0.25) is 0 Å². The highest BCUT2D eigenvalue weighted by Crippen LogP contribution is 2.25. The molecule has 0 saturated carbocycles. The molecule has 0 aliphatic heterocycles. The van der Waals surface area contributed by atoms with E-state index in [0.29, 0.717) is 5.92 Å². The van der Waals surface area contributed by atoms with Crippen LogP contribution < -0.4 is 4.90 Å². The molecule has 2 rings (SSSR count). The predicted octanol–water partition coefficient (Wildman–Crippen LogP) is 4.54. The molecule has 0 aliphatic rings. The van der Waals surface area contributed by atoms with Crippen LogP contribution in [0.3, 0.4) is 0 Å². The highest BCUT2D eigenvalue weighted by atomic mass is 15.1. The molecule has 0 N–H and O–H groups in total. The third-order valence-corrected chi connectivity index (χ3v) is 3.27. The van der Waals surface area contributed by atoms with Crippen LogP contribution in [0.2, 0.25) is 0 Å². The molecule has 94 valence electrons. The molecule has 2 aromatic carbocycles. The van der Waals surface area contributed by atoms with Crippen molar-refractivity contribution in [3.05, 3.63) is 54.1 Å². The summed E-state index contributed by atoms with van der Waals surface area (Å²) in [4.78, 5) is 2.12. The van der Waals surface area contributed by atoms with Gasteiger partial charge in [-0.25, -0.2) is 0 Å². The monoisotopic (exact) mass is 239 g/mol. The van der Waals surface area contributed by atoms with Gasteiger partial charge in [-0.1, -0.05) is 50.2 Å². The fourth-order valence-electron chi connectivity index (χ4n) is 2.03. The van der Waals surface area contributed by atoms with Gasteiger partial charge in [0.15, 0.2) is 0 Å². The minimum absolute atomic E-state index is 0.575. The van der Waals surface area contributed by atoms with E-state index in [1.807, 2.05) is 0 Å². The van der Waals surface area contributed by atoms with Crippen molar-refractivity contribution in [1.82, 2.24) is 0 Å². The van der Waals surface area contributed by atoms with Gasteiger partial charge in [0.25, 0.3) is 0 Å². The van der Waals surface area contributed by atoms with E-state index < -0.39 is 0 Å². The van der Waals surface area contributed by atoms with E-state index in [9.17, 15) is 0 Å². The fraction of sp³-hybridized carbons (Fsp3) is 0.294. The largest absolute Gasteiger partial charge is 0.378 e. The number of hydrogen-bond donors (Lipinski definition) is 0. The molecule has 0 saturated heterocycles. The maximum Gasteiger partial charge on any atom is 0.0361 e. The molecule has 1 nitrogen and oxygen atoms in total. The van der Waals surface area contributed by atoms with E-state index in [2.05, 4.69) is 81.4 Å². The number of nitrogens with zero attached hydrogens (tertiary/aromatic N) is 1. The molecule has 0 amide bonds. The van der Waals surface area contributed by atoms with Gasteiger partial charge in [0.1, 0.15) is 0 Å². The second kappa shape index (κ2) is 5.26. The number of benzene rings is 2. The van der Waals surface area contributed by atoms with Gasteiger partial charge in [-0.2, -0.15) is 0 Å². The lowest BCUT2D eigenvalue weighted by atomic mass is 9.97. The summed E-state index contributed by atoms with van der Waals surface area (Å²) in [5, 5.41) is 0. The first-order valence-electron chi connectivity index (χ1n) is 6.45. The van der Waals surface area contributed by atoms with Gasteiger partial charge >= 0.3 is 0 Å². The third-order valence-electron chi connectivity index (χ3n) is 3.27. The van der Waals surface area contributed by atoms with Gasteiger partial charge in [-0.15, -0.1) is 0 Å². The quantitative estimate of drug-likeness (QED) is 0.760. The van der Waals surface area contributed by atoms with Crippen molar-refractivity contribution in [3.63, 3.8) is 0 Å². The van der Waals surface area contributed by atoms with E-state index in [1.54, 1.807) is 0 Å². The highest BCUT2D eigenvalue weighted by Gasteiger charge is 2.03. The lowest BCUT2D eigenvalue weighted by Gasteiger charge is -2.13. The molecule has 0 aromatic heterocycles. The Kier molecular flexibility index (Phi) is 3.71. The molecule has 1 heteroatoms. The van der Waals surface area contributed by atoms with Crippen molar-refractivity contribution < 1.29 is 0 Å². The van der Waals surface area contributed by atoms with Gasteiger partial charge in [0.05, 0.1) is 0 Å². The maximum atomic E-state index is 2.29. The van der Waals surface area contributed by atoms with Crippen LogP contribution in [-0.4, -0.2) is 14.1 Å². The van der Waals surface area contributed by atoms with Crippen LogP contribution in [0, 0.1) is 0 Å². The zero-order valence-electron chi connectivity index (χ0n) is 11.6. The Bertz CT molecular complexity index is 509. The Morgan fingerprint density at radius 2 is 1.50 bits per heavy atom. The lowest BCUT2D eigenvalue weighted by molar-refractivity contribution is 0.867. The van der Waals surface area contributed by atoms with Crippen molar-refractivity contribution in [1.29, 1.82) is 0 Å². The zero-order valence-corrected chi connectivity index (χ0v) is 11.6. The molecule has 0 heterocycles. The van der Waals surface area contributed by atoms with Crippen LogP contribution in [0.25, 0.3) is 11.1 Å². The fourth-order valence-corrected chi connectivity index (χ4v) is 2.03. The summed E-state index contributed by atoms with van der Waals surface area (Å²) < 4.78 is 0. The minimum atomic E-state index is 0.575. The lowest BCUT2D eigenvalue weighted by Crippen LogP contribution is -2.07. The molecule has 0 bridgehead atoms. The Labute approximate surface area is 110 Å². The summed E-state index contributed by atoms with van der Waals surface area (Å²) >= 11 is 0. The molecule has 0 spiro atoms. The second-order valence-corrected chi connectivity index (χ2v) is 5.22. The van der Waals surface area contributed by atoms with Crippen molar-refractivity contribution >= 4 is 5.69 Å². The molecular weight excluding hydrogens is 218 g/mol. The summed E-state index contributed by atoms with van der Waals surface area (Å²) in [7, 11) is 4.13. The topological polar surface area (TPSA) is 3.24 Å². The summed E-state index contributed by atoms with van der Waals surface area (Å²) in [5.74, 6) is 0.575. The minimum Gasteiger partial charge on any atom is -0.378 e. The molecular formula is C17H21N. The van der Waals surface area contributed by atoms with Gasteiger partial charge in [0, 0.05) is 19.8 Å². The smallest absolute Gasteiger partial charge is 0.0361 e. The average molecular weight is 239 g/mol. The highest BCUT2D eigenvalue weighted by molar-refractivity contribution is 5.67. The summed E-state index contributed by atoms with van der Waals surface area (Å²) in [6, 6.07) is 17.5. The van der Waals surface area contributed by atoms with Crippen LogP contribution in [0.5, 0.6) is 0 Å². The van der Waals surface area contributed by atoms with Crippen LogP contribution in [-0.2, 0) is 0 Å². The zero-order chi connectivity index (χ0) is 13.1. The number of anilines is 1. The molecule has 0 fully saturated rings. The second-order valence-electron chi connectivity index (χ2n) is 5.22. The standard InChI is InChI=1S/C17H21N/c1-13(2)15-6-5-7-16(12-15)14-8-10-17(11-9-14)18(3)4/h5-13H,1-4H3. The van der Waals surface area contributed by atoms with Crippen molar-refractivity contribution in [2.24, 2.45) is 0 Å². The molecule has 0 aliphatic carbocycles. The van der Waals surface area contributed by atoms with Gasteiger partial charge in [0.2, 0.25) is 0 Å². The van der Waals surface area contributed by atoms with Gasteiger partial charge in [-0.05, 0) is 34.7 Å². The molecule has 2 aromatic rings. The Morgan fingerprint density at radius 1 is 0.833 bits per heavy atom. The number of rotatable bonds is 3. The van der Waals surface area contributed by atoms with Gasteiger partial charge < -0.3 is 4.90 Å². The SMILES string of the molecule is CC(C)c1cccc(-c2ccc(N(C)C)cc2)c1. The number of hydrogen-bond acceptors (Lipinski definition) is 1. The Hall–Kier alpha value is -1.76. The third kappa shape index (κ3) is 2.73. The van der Waals surface area contributed by atoms with E-state index in [-0.39, 0.29) is 0 Å². The first kappa shape index (κ1) is 12.7. The Balaban J connectivity index is 2.33. The predicted molar refractivity (Wildman–Crippen MR) is 80.3 cm³/mol. The van der Waals surface area contributed by atoms with E-state index in [4.69, 9.17) is 0 Å². The molecule has 18 heavy (non-hydrogen) atoms. The normalized spacial score (nSPS) is 10.7. The molecule has 0 unspecified atom stereocenters. The molecule has 0 radical (unpaired) electrons. The van der Waals surface area contributed by atoms with Crippen molar-refractivity contribution in [2.45, 2.75) is 19.8 Å². The van der Waals surface area contributed by atoms with Crippen molar-refractivity contribution in [2.75, 3.05) is 19.0 Å². The average Bonchev–Trinajstić information content (AvgIpc) is 2.39. The van der Waals surface area contributed by atoms with Crippen LogP contribution >= 0.6 is 0 Å².